The van der Waals surface area contributed by atoms with Gasteiger partial charge in [0.1, 0.15) is 36.6 Å². The Morgan fingerprint density at radius 3 is 2.91 bits per heavy atom. The summed E-state index contributed by atoms with van der Waals surface area (Å²) in [6.45, 7) is 4.84. The van der Waals surface area contributed by atoms with E-state index in [1.807, 2.05) is 0 Å². The van der Waals surface area contributed by atoms with Crippen molar-refractivity contribution in [1.29, 1.82) is 0 Å². The van der Waals surface area contributed by atoms with Crippen molar-refractivity contribution < 1.29 is 33.7 Å². The van der Waals surface area contributed by atoms with Gasteiger partial charge in [-0.15, -0.1) is 0 Å². The van der Waals surface area contributed by atoms with E-state index in [2.05, 4.69) is 15.3 Å². The van der Waals surface area contributed by atoms with Crippen LogP contribution in [0.1, 0.15) is 32.6 Å². The lowest BCUT2D eigenvalue weighted by Gasteiger charge is -2.31. The average Bonchev–Trinajstić information content (AvgIpc) is 3.19. The highest BCUT2D eigenvalue weighted by atomic mass is 16.6. The zero-order valence-electron chi connectivity index (χ0n) is 17.6. The topological polar surface area (TPSA) is 168 Å². The van der Waals surface area contributed by atoms with Crippen LogP contribution < -0.4 is 11.1 Å². The van der Waals surface area contributed by atoms with Crippen LogP contribution >= 0.6 is 0 Å². The largest absolute Gasteiger partial charge is 0.463 e. The highest BCUT2D eigenvalue weighted by Crippen LogP contribution is 2.44. The van der Waals surface area contributed by atoms with Crippen LogP contribution in [-0.4, -0.2) is 62.4 Å². The van der Waals surface area contributed by atoms with Crippen LogP contribution in [0.3, 0.4) is 0 Å². The lowest BCUT2D eigenvalue weighted by atomic mass is 9.96. The van der Waals surface area contributed by atoms with E-state index in [1.165, 1.54) is 19.3 Å². The van der Waals surface area contributed by atoms with E-state index in [0.29, 0.717) is 16.6 Å². The van der Waals surface area contributed by atoms with Crippen LogP contribution in [0.2, 0.25) is 0 Å². The van der Waals surface area contributed by atoms with Gasteiger partial charge in [-0.3, -0.25) is 14.4 Å². The Bertz CT molecular complexity index is 1130. The summed E-state index contributed by atoms with van der Waals surface area (Å²) in [6.07, 6.45) is 0.718. The van der Waals surface area contributed by atoms with Crippen molar-refractivity contribution >= 4 is 40.9 Å². The minimum atomic E-state index is -1.54. The molecule has 1 fully saturated rings. The van der Waals surface area contributed by atoms with Crippen molar-refractivity contribution in [2.45, 2.75) is 44.8 Å². The molecule has 0 aliphatic carbocycles. The zero-order valence-corrected chi connectivity index (χ0v) is 17.6. The molecule has 0 aromatic carbocycles. The first kappa shape index (κ1) is 21.7. The van der Waals surface area contributed by atoms with Crippen molar-refractivity contribution in [1.82, 2.24) is 14.5 Å². The van der Waals surface area contributed by atoms with Crippen molar-refractivity contribution in [3.8, 4) is 0 Å². The summed E-state index contributed by atoms with van der Waals surface area (Å²) in [4.78, 5) is 43.6. The lowest BCUT2D eigenvalue weighted by molar-refractivity contribution is -0.162. The van der Waals surface area contributed by atoms with Crippen LogP contribution in [0, 0.1) is 5.92 Å². The fraction of sp³-hybridized carbons (Fsp3) is 0.450. The molecule has 12 nitrogen and oxygen atoms in total. The predicted molar refractivity (Wildman–Crippen MR) is 110 cm³/mol. The molecule has 4 N–H and O–H groups in total. The summed E-state index contributed by atoms with van der Waals surface area (Å²) >= 11 is 0. The van der Waals surface area contributed by atoms with Gasteiger partial charge in [-0.2, -0.15) is 0 Å². The summed E-state index contributed by atoms with van der Waals surface area (Å²) in [5.41, 5.74) is 5.53. The van der Waals surface area contributed by atoms with Gasteiger partial charge in [-0.1, -0.05) is 13.8 Å². The summed E-state index contributed by atoms with van der Waals surface area (Å²) in [5.74, 6) is -0.990. The number of aliphatic hydroxyl groups is 1. The number of esters is 1. The van der Waals surface area contributed by atoms with Gasteiger partial charge in [-0.25, -0.2) is 9.97 Å². The second kappa shape index (κ2) is 7.88. The Hall–Kier alpha value is -3.51. The van der Waals surface area contributed by atoms with Crippen molar-refractivity contribution in [2.24, 2.45) is 11.7 Å². The zero-order chi connectivity index (χ0) is 23.2. The normalized spacial score (nSPS) is 27.1. The van der Waals surface area contributed by atoms with Gasteiger partial charge >= 0.3 is 5.97 Å². The number of aliphatic hydroxyl groups excluding tert-OH is 1. The Kier molecular flexibility index (Phi) is 5.34. The molecule has 2 aliphatic rings. The van der Waals surface area contributed by atoms with Crippen molar-refractivity contribution in [3.05, 3.63) is 24.2 Å². The van der Waals surface area contributed by atoms with Gasteiger partial charge in [0.2, 0.25) is 0 Å². The average molecular weight is 445 g/mol. The summed E-state index contributed by atoms with van der Waals surface area (Å²) in [6, 6.07) is 0. The fourth-order valence-corrected chi connectivity index (χ4v) is 3.87. The third kappa shape index (κ3) is 3.37. The first-order valence-electron chi connectivity index (χ1n) is 9.93. The SMILES string of the molecule is CC(C)C(=O)OC[C@H]1O[C@@H](n2cc3c4c(ncnc42)NC(=O)C=C3N)C(C)(OC=O)[C@@H]1O. The van der Waals surface area contributed by atoms with E-state index in [1.54, 1.807) is 24.6 Å². The number of rotatable bonds is 6. The number of nitrogens with two attached hydrogens (primary N) is 1. The Morgan fingerprint density at radius 1 is 1.47 bits per heavy atom. The van der Waals surface area contributed by atoms with Gasteiger partial charge < -0.3 is 34.9 Å². The molecular weight excluding hydrogens is 422 g/mol. The standard InChI is InChI=1S/C20H23N5O7/c1-9(2)18(29)30-6-12-15(28)20(3,31-8-26)19(32-12)25-5-10-11(21)4-13(27)24-16-14(10)17(25)23-7-22-16/h4-5,7-9,12,15,19,28H,6,21H2,1-3H3,(H,22,23,24,27)/t12-,15-,19-,20?/m1/s1. The van der Waals surface area contributed by atoms with Gasteiger partial charge in [0, 0.05) is 23.5 Å². The molecule has 0 saturated carbocycles. The summed E-state index contributed by atoms with van der Waals surface area (Å²) in [7, 11) is 0. The maximum atomic E-state index is 12.0. The predicted octanol–water partition coefficient (Wildman–Crippen LogP) is 0.0722. The first-order valence-corrected chi connectivity index (χ1v) is 9.93. The van der Waals surface area contributed by atoms with Crippen LogP contribution in [0.5, 0.6) is 0 Å². The Balaban J connectivity index is 1.78. The molecule has 1 saturated heterocycles. The van der Waals surface area contributed by atoms with Gasteiger partial charge in [0.15, 0.2) is 11.8 Å². The number of aromatic nitrogens is 3. The molecule has 2 aromatic heterocycles. The van der Waals surface area contributed by atoms with Crippen LogP contribution in [0.15, 0.2) is 18.6 Å². The second-order valence-electron chi connectivity index (χ2n) is 8.11. The van der Waals surface area contributed by atoms with Crippen molar-refractivity contribution in [2.75, 3.05) is 11.9 Å². The molecule has 1 unspecified atom stereocenters. The second-order valence-corrected chi connectivity index (χ2v) is 8.11. The molecule has 4 heterocycles. The number of hydrogen-bond acceptors (Lipinski definition) is 10. The number of nitrogens with zero attached hydrogens (tertiary/aromatic N) is 3. The highest BCUT2D eigenvalue weighted by Gasteiger charge is 2.57. The van der Waals surface area contributed by atoms with Crippen LogP contribution in [0.4, 0.5) is 5.82 Å². The van der Waals surface area contributed by atoms with Crippen molar-refractivity contribution in [3.63, 3.8) is 0 Å². The molecule has 4 rings (SSSR count). The number of ether oxygens (including phenoxy) is 3. The number of amides is 1. The molecule has 32 heavy (non-hydrogen) atoms. The third-order valence-electron chi connectivity index (χ3n) is 5.60. The molecule has 0 bridgehead atoms. The van der Waals surface area contributed by atoms with Gasteiger partial charge in [-0.05, 0) is 6.92 Å². The molecule has 4 atom stereocenters. The lowest BCUT2D eigenvalue weighted by Crippen LogP contribution is -2.46. The number of nitrogens with one attached hydrogen (secondary N) is 1. The molecule has 2 aromatic rings. The molecule has 12 heteroatoms. The highest BCUT2D eigenvalue weighted by molar-refractivity contribution is 6.13. The van der Waals surface area contributed by atoms with Crippen LogP contribution in [-0.2, 0) is 28.6 Å². The van der Waals surface area contributed by atoms with E-state index in [4.69, 9.17) is 19.9 Å². The van der Waals surface area contributed by atoms with E-state index in [-0.39, 0.29) is 30.5 Å². The Labute approximate surface area is 182 Å². The molecule has 2 aliphatic heterocycles. The van der Waals surface area contributed by atoms with Gasteiger partial charge in [0.25, 0.3) is 12.4 Å². The minimum Gasteiger partial charge on any atom is -0.463 e. The monoisotopic (exact) mass is 445 g/mol. The van der Waals surface area contributed by atoms with E-state index >= 15 is 0 Å². The third-order valence-corrected chi connectivity index (χ3v) is 5.60. The quantitative estimate of drug-likeness (QED) is 0.409. The minimum absolute atomic E-state index is 0.179. The molecule has 1 amide bonds. The first-order chi connectivity index (χ1) is 15.2. The fourth-order valence-electron chi connectivity index (χ4n) is 3.87. The van der Waals surface area contributed by atoms with E-state index in [9.17, 15) is 19.5 Å². The maximum Gasteiger partial charge on any atom is 0.308 e. The number of anilines is 1. The van der Waals surface area contributed by atoms with E-state index < -0.39 is 35.9 Å². The maximum absolute atomic E-state index is 12.0. The Morgan fingerprint density at radius 2 is 2.22 bits per heavy atom. The van der Waals surface area contributed by atoms with E-state index in [0.717, 1.165) is 0 Å². The molecular formula is C20H23N5O7. The summed E-state index contributed by atoms with van der Waals surface area (Å²) < 4.78 is 18.1. The van der Waals surface area contributed by atoms with Crippen LogP contribution in [0.25, 0.3) is 16.7 Å². The molecule has 0 spiro atoms. The molecule has 0 radical (unpaired) electrons. The number of hydrogen-bond donors (Lipinski definition) is 3. The molecule has 170 valence electrons. The number of carbonyl (C=O) groups is 3. The smallest absolute Gasteiger partial charge is 0.308 e. The summed E-state index contributed by atoms with van der Waals surface area (Å²) in [5, 5.41) is 14.0. The number of carbonyl (C=O) groups excluding carboxylic acids is 3. The van der Waals surface area contributed by atoms with Gasteiger partial charge in [0.05, 0.1) is 11.3 Å².